The summed E-state index contributed by atoms with van der Waals surface area (Å²) in [5.41, 5.74) is 0.511. The van der Waals surface area contributed by atoms with E-state index in [1.54, 1.807) is 12.5 Å². The highest BCUT2D eigenvalue weighted by atomic mass is 16.3. The van der Waals surface area contributed by atoms with E-state index in [1.807, 2.05) is 23.9 Å². The van der Waals surface area contributed by atoms with Gasteiger partial charge in [-0.3, -0.25) is 0 Å². The van der Waals surface area contributed by atoms with Gasteiger partial charge in [0.15, 0.2) is 0 Å². The van der Waals surface area contributed by atoms with Gasteiger partial charge in [0.1, 0.15) is 11.6 Å². The third-order valence-corrected chi connectivity index (χ3v) is 4.37. The first-order valence-electron chi connectivity index (χ1n) is 7.85. The van der Waals surface area contributed by atoms with Crippen LogP contribution in [0.5, 0.6) is 0 Å². The minimum atomic E-state index is -0.661. The fourth-order valence-corrected chi connectivity index (χ4v) is 3.02. The molecular weight excluding hydrogens is 278 g/mol. The third-order valence-electron chi connectivity index (χ3n) is 4.37. The molecule has 0 radical (unpaired) electrons. The summed E-state index contributed by atoms with van der Waals surface area (Å²) in [5.74, 6) is 1.83. The monoisotopic (exact) mass is 301 g/mol. The van der Waals surface area contributed by atoms with Crippen LogP contribution in [0.4, 0.5) is 5.82 Å². The Balaban J connectivity index is 1.70. The molecule has 6 nitrogen and oxygen atoms in total. The van der Waals surface area contributed by atoms with Crippen molar-refractivity contribution in [2.45, 2.75) is 45.3 Å². The van der Waals surface area contributed by atoms with Gasteiger partial charge in [0.2, 0.25) is 0 Å². The Morgan fingerprint density at radius 2 is 2.09 bits per heavy atom. The standard InChI is InChI=1S/C16H23N5O/c1-3-14-10-18-13(2)19-15(14)21-7-4-16(22,5-8-21)11-20-9-6-17-12-20/h6,9-10,12,22H,3-5,7-8,11H2,1-2H3. The second kappa shape index (κ2) is 6.04. The number of aromatic nitrogens is 4. The van der Waals surface area contributed by atoms with E-state index >= 15 is 0 Å². The minimum Gasteiger partial charge on any atom is -0.388 e. The molecule has 0 aromatic carbocycles. The van der Waals surface area contributed by atoms with E-state index in [0.717, 1.165) is 44.0 Å². The summed E-state index contributed by atoms with van der Waals surface area (Å²) in [6.07, 6.45) is 9.71. The molecule has 0 amide bonds. The Kier molecular flexibility index (Phi) is 4.11. The van der Waals surface area contributed by atoms with Crippen LogP contribution < -0.4 is 4.90 Å². The number of rotatable bonds is 4. The highest BCUT2D eigenvalue weighted by molar-refractivity contribution is 5.46. The smallest absolute Gasteiger partial charge is 0.135 e. The van der Waals surface area contributed by atoms with Crippen molar-refractivity contribution in [2.24, 2.45) is 0 Å². The number of aliphatic hydroxyl groups is 1. The number of hydrogen-bond donors (Lipinski definition) is 1. The molecule has 3 rings (SSSR count). The second-order valence-corrected chi connectivity index (χ2v) is 6.07. The van der Waals surface area contributed by atoms with E-state index in [1.165, 1.54) is 5.56 Å². The van der Waals surface area contributed by atoms with Crippen LogP contribution in [0.1, 0.15) is 31.2 Å². The number of hydrogen-bond acceptors (Lipinski definition) is 5. The number of imidazole rings is 1. The van der Waals surface area contributed by atoms with Gasteiger partial charge in [0, 0.05) is 37.2 Å². The summed E-state index contributed by atoms with van der Waals surface area (Å²) in [7, 11) is 0. The highest BCUT2D eigenvalue weighted by Gasteiger charge is 2.33. The topological polar surface area (TPSA) is 67.1 Å². The lowest BCUT2D eigenvalue weighted by Gasteiger charge is -2.39. The molecule has 0 spiro atoms. The summed E-state index contributed by atoms with van der Waals surface area (Å²) >= 11 is 0. The molecule has 0 aliphatic carbocycles. The van der Waals surface area contributed by atoms with Crippen molar-refractivity contribution in [3.05, 3.63) is 36.3 Å². The second-order valence-electron chi connectivity index (χ2n) is 6.07. The predicted octanol–water partition coefficient (Wildman–Crippen LogP) is 1.58. The van der Waals surface area contributed by atoms with Gasteiger partial charge in [-0.15, -0.1) is 0 Å². The number of aryl methyl sites for hydroxylation is 2. The Morgan fingerprint density at radius 3 is 2.73 bits per heavy atom. The largest absolute Gasteiger partial charge is 0.388 e. The SMILES string of the molecule is CCc1cnc(C)nc1N1CCC(O)(Cn2ccnc2)CC1. The van der Waals surface area contributed by atoms with Gasteiger partial charge in [-0.25, -0.2) is 15.0 Å². The minimum absolute atomic E-state index is 0.601. The lowest BCUT2D eigenvalue weighted by molar-refractivity contribution is -0.000208. The van der Waals surface area contributed by atoms with Gasteiger partial charge in [-0.05, 0) is 26.2 Å². The molecule has 1 fully saturated rings. The van der Waals surface area contributed by atoms with Crippen molar-refractivity contribution in [3.8, 4) is 0 Å². The number of nitrogens with zero attached hydrogens (tertiary/aromatic N) is 5. The molecule has 2 aromatic heterocycles. The van der Waals surface area contributed by atoms with E-state index in [2.05, 4.69) is 26.8 Å². The molecule has 6 heteroatoms. The van der Waals surface area contributed by atoms with E-state index < -0.39 is 5.60 Å². The van der Waals surface area contributed by atoms with E-state index in [4.69, 9.17) is 0 Å². The third kappa shape index (κ3) is 3.11. The molecule has 3 heterocycles. The van der Waals surface area contributed by atoms with Gasteiger partial charge in [-0.1, -0.05) is 6.92 Å². The molecule has 1 N–H and O–H groups in total. The van der Waals surface area contributed by atoms with Crippen molar-refractivity contribution in [1.82, 2.24) is 19.5 Å². The first kappa shape index (κ1) is 15.0. The zero-order valence-corrected chi connectivity index (χ0v) is 13.2. The fourth-order valence-electron chi connectivity index (χ4n) is 3.02. The summed E-state index contributed by atoms with van der Waals surface area (Å²) in [6, 6.07) is 0. The van der Waals surface area contributed by atoms with Gasteiger partial charge < -0.3 is 14.6 Å². The van der Waals surface area contributed by atoms with Gasteiger partial charge in [-0.2, -0.15) is 0 Å². The Labute approximate surface area is 130 Å². The molecule has 1 saturated heterocycles. The molecule has 0 atom stereocenters. The average molecular weight is 301 g/mol. The van der Waals surface area contributed by atoms with Crippen LogP contribution in [0, 0.1) is 6.92 Å². The molecule has 0 unspecified atom stereocenters. The maximum atomic E-state index is 10.8. The predicted molar refractivity (Wildman–Crippen MR) is 84.8 cm³/mol. The first-order chi connectivity index (χ1) is 10.6. The van der Waals surface area contributed by atoms with Crippen molar-refractivity contribution in [3.63, 3.8) is 0 Å². The molecule has 1 aliphatic heterocycles. The fraction of sp³-hybridized carbons (Fsp3) is 0.562. The Hall–Kier alpha value is -1.95. The van der Waals surface area contributed by atoms with Gasteiger partial charge in [0.25, 0.3) is 0 Å². The van der Waals surface area contributed by atoms with Crippen molar-refractivity contribution >= 4 is 5.82 Å². The van der Waals surface area contributed by atoms with Crippen molar-refractivity contribution < 1.29 is 5.11 Å². The summed E-state index contributed by atoms with van der Waals surface area (Å²) < 4.78 is 1.95. The normalized spacial score (nSPS) is 17.7. The zero-order valence-electron chi connectivity index (χ0n) is 13.2. The van der Waals surface area contributed by atoms with Gasteiger partial charge in [0.05, 0.1) is 18.5 Å². The Bertz CT molecular complexity index is 617. The van der Waals surface area contributed by atoms with E-state index in [9.17, 15) is 5.11 Å². The first-order valence-corrected chi connectivity index (χ1v) is 7.85. The summed E-state index contributed by atoms with van der Waals surface area (Å²) in [6.45, 7) is 6.27. The average Bonchev–Trinajstić information content (AvgIpc) is 3.00. The molecule has 118 valence electrons. The van der Waals surface area contributed by atoms with Gasteiger partial charge >= 0.3 is 0 Å². The number of piperidine rings is 1. The van der Waals surface area contributed by atoms with E-state index in [0.29, 0.717) is 6.54 Å². The van der Waals surface area contributed by atoms with Crippen LogP contribution in [-0.4, -0.2) is 43.3 Å². The molecule has 0 bridgehead atoms. The summed E-state index contributed by atoms with van der Waals surface area (Å²) in [4.78, 5) is 15.2. The molecule has 22 heavy (non-hydrogen) atoms. The van der Waals surface area contributed by atoms with Crippen LogP contribution in [0.2, 0.25) is 0 Å². The lowest BCUT2D eigenvalue weighted by Crippen LogP contribution is -2.47. The van der Waals surface area contributed by atoms with Crippen LogP contribution in [0.15, 0.2) is 24.9 Å². The maximum absolute atomic E-state index is 10.8. The molecular formula is C16H23N5O. The summed E-state index contributed by atoms with van der Waals surface area (Å²) in [5, 5.41) is 10.8. The van der Waals surface area contributed by atoms with Crippen LogP contribution in [0.25, 0.3) is 0 Å². The van der Waals surface area contributed by atoms with Crippen molar-refractivity contribution in [1.29, 1.82) is 0 Å². The van der Waals surface area contributed by atoms with Crippen molar-refractivity contribution in [2.75, 3.05) is 18.0 Å². The Morgan fingerprint density at radius 1 is 1.32 bits per heavy atom. The maximum Gasteiger partial charge on any atom is 0.135 e. The lowest BCUT2D eigenvalue weighted by atomic mass is 9.91. The zero-order chi connectivity index (χ0) is 15.6. The van der Waals surface area contributed by atoms with Crippen LogP contribution >= 0.6 is 0 Å². The molecule has 0 saturated carbocycles. The van der Waals surface area contributed by atoms with E-state index in [-0.39, 0.29) is 0 Å². The highest BCUT2D eigenvalue weighted by Crippen LogP contribution is 2.28. The number of anilines is 1. The van der Waals surface area contributed by atoms with Crippen LogP contribution in [-0.2, 0) is 13.0 Å². The molecule has 2 aromatic rings. The van der Waals surface area contributed by atoms with Crippen LogP contribution in [0.3, 0.4) is 0 Å². The molecule has 1 aliphatic rings. The quantitative estimate of drug-likeness (QED) is 0.928.